The molecule has 13 nitrogen and oxygen atoms in total. The number of aryl methyl sites for hydroxylation is 1. The van der Waals surface area contributed by atoms with Gasteiger partial charge in [0.2, 0.25) is 16.0 Å². The average molecular weight is 717 g/mol. The molecule has 15 heteroatoms. The summed E-state index contributed by atoms with van der Waals surface area (Å²) in [5.41, 5.74) is 5.80. The maximum Gasteiger partial charge on any atom is 0.232 e. The number of methoxy groups -OCH3 is 1. The van der Waals surface area contributed by atoms with E-state index in [1.54, 1.807) is 37.3 Å². The molecule has 2 aromatic carbocycles. The molecule has 50 heavy (non-hydrogen) atoms. The third kappa shape index (κ3) is 7.04. The van der Waals surface area contributed by atoms with E-state index in [1.165, 1.54) is 23.3 Å². The van der Waals surface area contributed by atoms with Gasteiger partial charge in [-0.05, 0) is 56.7 Å². The van der Waals surface area contributed by atoms with E-state index in [1.807, 2.05) is 12.1 Å². The number of piperidine rings is 1. The molecule has 3 aliphatic rings. The average Bonchev–Trinajstić information content (AvgIpc) is 3.11. The van der Waals surface area contributed by atoms with Gasteiger partial charge in [0.05, 0.1) is 40.8 Å². The summed E-state index contributed by atoms with van der Waals surface area (Å²) >= 11 is 1.61. The first kappa shape index (κ1) is 34.3. The minimum atomic E-state index is -3.62. The van der Waals surface area contributed by atoms with Gasteiger partial charge < -0.3 is 25.2 Å². The van der Waals surface area contributed by atoms with Crippen LogP contribution in [0.5, 0.6) is 5.75 Å². The zero-order valence-electron chi connectivity index (χ0n) is 29.2. The van der Waals surface area contributed by atoms with Crippen molar-refractivity contribution in [1.82, 2.24) is 29.7 Å². The van der Waals surface area contributed by atoms with Crippen LogP contribution in [0.3, 0.4) is 0 Å². The first-order valence-electron chi connectivity index (χ1n) is 16.9. The van der Waals surface area contributed by atoms with Crippen molar-refractivity contribution in [2.24, 2.45) is 0 Å². The van der Waals surface area contributed by atoms with Crippen LogP contribution in [0.1, 0.15) is 24.1 Å². The molecule has 0 saturated carbocycles. The molecule has 0 bridgehead atoms. The van der Waals surface area contributed by atoms with Crippen molar-refractivity contribution in [3.8, 4) is 5.75 Å². The molecule has 0 atom stereocenters. The summed E-state index contributed by atoms with van der Waals surface area (Å²) in [6.45, 7) is 8.75. The van der Waals surface area contributed by atoms with Crippen molar-refractivity contribution in [2.75, 3.05) is 92.3 Å². The molecule has 2 aromatic heterocycles. The SMILES string of the molecule is COc1cc(N2CCC(N3CCN(C)CC3)CC2)c(C)cc1Nc1nc2c(c(Nc3ccc4nccnc4c3N(C)S(C)(=O)=O)n1)SCC=C2. The lowest BCUT2D eigenvalue weighted by atomic mass is 10.0. The molecule has 2 N–H and O–H groups in total. The summed E-state index contributed by atoms with van der Waals surface area (Å²) in [5.74, 6) is 2.40. The third-order valence-corrected chi connectivity index (χ3v) is 12.0. The Labute approximate surface area is 298 Å². The van der Waals surface area contributed by atoms with Crippen molar-refractivity contribution in [2.45, 2.75) is 30.7 Å². The maximum atomic E-state index is 12.8. The van der Waals surface area contributed by atoms with Gasteiger partial charge in [0.25, 0.3) is 0 Å². The van der Waals surface area contributed by atoms with Crippen molar-refractivity contribution >= 4 is 73.4 Å². The minimum Gasteiger partial charge on any atom is -0.494 e. The van der Waals surface area contributed by atoms with E-state index in [4.69, 9.17) is 14.7 Å². The van der Waals surface area contributed by atoms with Gasteiger partial charge >= 0.3 is 0 Å². The summed E-state index contributed by atoms with van der Waals surface area (Å²) in [6, 6.07) is 8.48. The zero-order chi connectivity index (χ0) is 35.0. The molecule has 5 heterocycles. The van der Waals surface area contributed by atoms with Crippen molar-refractivity contribution in [1.29, 1.82) is 0 Å². The lowest BCUT2D eigenvalue weighted by Gasteiger charge is -2.43. The maximum absolute atomic E-state index is 12.8. The fourth-order valence-electron chi connectivity index (χ4n) is 6.95. The highest BCUT2D eigenvalue weighted by atomic mass is 32.2. The number of fused-ring (bicyclic) bond motifs is 2. The molecule has 2 saturated heterocycles. The summed E-state index contributed by atoms with van der Waals surface area (Å²) in [6.07, 6.45) is 10.7. The lowest BCUT2D eigenvalue weighted by Crippen LogP contribution is -2.52. The predicted molar refractivity (Wildman–Crippen MR) is 203 cm³/mol. The molecule has 4 aromatic rings. The molecule has 2 fully saturated rings. The van der Waals surface area contributed by atoms with Gasteiger partial charge in [0.15, 0.2) is 0 Å². The molecule has 0 radical (unpaired) electrons. The standard InChI is InChI=1S/C35H44N10O3S2/c1-23-21-28(30(48-4)22-29(23)45-14-10-24(11-15-45)44-18-16-42(2)17-19-44)40-35-39-27-7-6-20-49-33(27)34(41-35)38-26-9-8-25-31(37-13-12-36-25)32(26)43(3)50(5,46)47/h6-9,12-13,21-22,24H,10-11,14-20H2,1-5H3,(H2,38,39,40,41). The van der Waals surface area contributed by atoms with Gasteiger partial charge in [0.1, 0.15) is 22.8 Å². The van der Waals surface area contributed by atoms with E-state index >= 15 is 0 Å². The number of anilines is 6. The van der Waals surface area contributed by atoms with E-state index in [0.29, 0.717) is 46.0 Å². The number of hydrogen-bond acceptors (Lipinski definition) is 13. The quantitative estimate of drug-likeness (QED) is 0.242. The van der Waals surface area contributed by atoms with Crippen LogP contribution in [0.25, 0.3) is 17.1 Å². The van der Waals surface area contributed by atoms with Crippen molar-refractivity contribution < 1.29 is 13.2 Å². The highest BCUT2D eigenvalue weighted by Gasteiger charge is 2.28. The number of ether oxygens (including phenoxy) is 1. The van der Waals surface area contributed by atoms with Crippen LogP contribution >= 0.6 is 11.8 Å². The third-order valence-electron chi connectivity index (χ3n) is 9.79. The molecule has 0 aliphatic carbocycles. The van der Waals surface area contributed by atoms with Crippen molar-refractivity contribution in [3.05, 3.63) is 54.0 Å². The van der Waals surface area contributed by atoms with Gasteiger partial charge in [-0.1, -0.05) is 6.08 Å². The van der Waals surface area contributed by atoms with E-state index in [-0.39, 0.29) is 0 Å². The molecule has 264 valence electrons. The number of benzene rings is 2. The summed E-state index contributed by atoms with van der Waals surface area (Å²) < 4.78 is 32.6. The Bertz CT molecular complexity index is 2030. The summed E-state index contributed by atoms with van der Waals surface area (Å²) in [4.78, 5) is 27.1. The number of piperazine rings is 1. The smallest absolute Gasteiger partial charge is 0.232 e. The molecule has 7 rings (SSSR count). The molecule has 3 aliphatic heterocycles. The Hall–Kier alpha value is -4.18. The lowest BCUT2D eigenvalue weighted by molar-refractivity contribution is 0.0982. The number of nitrogens with one attached hydrogen (secondary N) is 2. The van der Waals surface area contributed by atoms with E-state index < -0.39 is 10.0 Å². The minimum absolute atomic E-state index is 0.385. The molecular weight excluding hydrogens is 673 g/mol. The van der Waals surface area contributed by atoms with Crippen molar-refractivity contribution in [3.63, 3.8) is 0 Å². The first-order valence-corrected chi connectivity index (χ1v) is 19.7. The zero-order valence-corrected chi connectivity index (χ0v) is 30.8. The Morgan fingerprint density at radius 1 is 0.980 bits per heavy atom. The second-order valence-electron chi connectivity index (χ2n) is 13.1. The van der Waals surface area contributed by atoms with Crippen LogP contribution in [-0.2, 0) is 10.0 Å². The molecular formula is C35H44N10O3S2. The van der Waals surface area contributed by atoms with Gasteiger partial charge in [-0.25, -0.2) is 13.4 Å². The number of hydrogen-bond donors (Lipinski definition) is 2. The van der Waals surface area contributed by atoms with Gasteiger partial charge in [-0.15, -0.1) is 11.8 Å². The van der Waals surface area contributed by atoms with Crippen LogP contribution in [-0.4, -0.2) is 117 Å². The van der Waals surface area contributed by atoms with Crippen LogP contribution < -0.4 is 24.6 Å². The largest absolute Gasteiger partial charge is 0.494 e. The number of rotatable bonds is 9. The van der Waals surface area contributed by atoms with Gasteiger partial charge in [-0.2, -0.15) is 4.98 Å². The fourth-order valence-corrected chi connectivity index (χ4v) is 8.32. The summed E-state index contributed by atoms with van der Waals surface area (Å²) in [7, 11) is 1.78. The number of thioether (sulfide) groups is 1. The van der Waals surface area contributed by atoms with Crippen LogP contribution in [0.2, 0.25) is 0 Å². The predicted octanol–water partition coefficient (Wildman–Crippen LogP) is 4.95. The van der Waals surface area contributed by atoms with E-state index in [0.717, 1.165) is 79.7 Å². The monoisotopic (exact) mass is 716 g/mol. The van der Waals surface area contributed by atoms with E-state index in [2.05, 4.69) is 67.5 Å². The summed E-state index contributed by atoms with van der Waals surface area (Å²) in [5, 5.41) is 6.86. The topological polar surface area (TPSA) is 132 Å². The number of sulfonamides is 1. The molecule has 0 amide bonds. The highest BCUT2D eigenvalue weighted by Crippen LogP contribution is 2.41. The second kappa shape index (κ2) is 14.2. The van der Waals surface area contributed by atoms with Gasteiger partial charge in [0, 0.05) is 82.3 Å². The van der Waals surface area contributed by atoms with Crippen LogP contribution in [0.15, 0.2) is 47.6 Å². The number of nitrogens with zero attached hydrogens (tertiary/aromatic N) is 8. The van der Waals surface area contributed by atoms with Gasteiger partial charge in [-0.3, -0.25) is 19.2 Å². The fraction of sp³-hybridized carbons (Fsp3) is 0.429. The normalized spacial score (nSPS) is 17.5. The molecule has 0 spiro atoms. The second-order valence-corrected chi connectivity index (χ2v) is 16.1. The Kier molecular flexibility index (Phi) is 9.74. The van der Waals surface area contributed by atoms with Crippen LogP contribution in [0, 0.1) is 6.92 Å². The van der Waals surface area contributed by atoms with Crippen LogP contribution in [0.4, 0.5) is 34.5 Å². The Balaban J connectivity index is 1.17. The Morgan fingerprint density at radius 2 is 1.74 bits per heavy atom. The highest BCUT2D eigenvalue weighted by molar-refractivity contribution is 7.99. The van der Waals surface area contributed by atoms with E-state index in [9.17, 15) is 8.42 Å². The molecule has 0 unspecified atom stereocenters. The number of likely N-dealkylation sites (N-methyl/N-ethyl adjacent to an activating group) is 1. The Morgan fingerprint density at radius 3 is 2.48 bits per heavy atom. The first-order chi connectivity index (χ1) is 24.1. The number of aromatic nitrogens is 4.